The summed E-state index contributed by atoms with van der Waals surface area (Å²) >= 11 is 1.56. The zero-order chi connectivity index (χ0) is 9.97. The van der Waals surface area contributed by atoms with Gasteiger partial charge in [-0.25, -0.2) is 4.98 Å². The number of nitrogens with zero attached hydrogens (tertiary/aromatic N) is 1. The summed E-state index contributed by atoms with van der Waals surface area (Å²) in [6, 6.07) is 0. The van der Waals surface area contributed by atoms with E-state index in [9.17, 15) is 4.79 Å². The van der Waals surface area contributed by atoms with Crippen LogP contribution in [0.1, 0.15) is 35.9 Å². The first-order valence-corrected chi connectivity index (χ1v) is 5.68. The van der Waals surface area contributed by atoms with Crippen molar-refractivity contribution < 1.29 is 9.53 Å². The summed E-state index contributed by atoms with van der Waals surface area (Å²) in [5, 5.41) is 2.95. The molecule has 0 N–H and O–H groups in total. The Labute approximate surface area is 87.1 Å². The van der Waals surface area contributed by atoms with Crippen LogP contribution in [0.25, 0.3) is 0 Å². The minimum absolute atomic E-state index is 0.209. The molecule has 0 aliphatic heterocycles. The number of methoxy groups -OCH3 is 1. The zero-order valence-corrected chi connectivity index (χ0v) is 8.97. The first-order chi connectivity index (χ1) is 6.79. The highest BCUT2D eigenvalue weighted by molar-refractivity contribution is 7.09. The van der Waals surface area contributed by atoms with E-state index >= 15 is 0 Å². The Kier molecular flexibility index (Phi) is 2.82. The Morgan fingerprint density at radius 3 is 3.07 bits per heavy atom. The molecule has 0 aromatic carbocycles. The van der Waals surface area contributed by atoms with Crippen molar-refractivity contribution in [1.29, 1.82) is 0 Å². The maximum absolute atomic E-state index is 11.0. The van der Waals surface area contributed by atoms with Gasteiger partial charge in [-0.3, -0.25) is 4.79 Å². The van der Waals surface area contributed by atoms with E-state index in [0.717, 1.165) is 5.01 Å². The molecule has 1 aromatic heterocycles. The molecule has 0 amide bonds. The fraction of sp³-hybridized carbons (Fsp3) is 0.600. The van der Waals surface area contributed by atoms with Crippen LogP contribution >= 0.6 is 11.3 Å². The molecular formula is C10H13NO2S. The standard InChI is InChI=1S/C10H13NO2S/c1-13-10(12)5-9-11-8(6-14-9)7-3-2-4-7/h6-7H,2-5H2,1H3. The lowest BCUT2D eigenvalue weighted by atomic mass is 9.83. The average Bonchev–Trinajstić information content (AvgIpc) is 2.50. The number of aromatic nitrogens is 1. The lowest BCUT2D eigenvalue weighted by Gasteiger charge is -2.22. The normalized spacial score (nSPS) is 16.4. The predicted molar refractivity (Wildman–Crippen MR) is 54.4 cm³/mol. The third kappa shape index (κ3) is 1.95. The number of thiazole rings is 1. The summed E-state index contributed by atoms with van der Waals surface area (Å²) in [6.45, 7) is 0. The molecular weight excluding hydrogens is 198 g/mol. The molecule has 14 heavy (non-hydrogen) atoms. The van der Waals surface area contributed by atoms with E-state index in [1.54, 1.807) is 11.3 Å². The number of hydrogen-bond acceptors (Lipinski definition) is 4. The quantitative estimate of drug-likeness (QED) is 0.719. The van der Waals surface area contributed by atoms with Gasteiger partial charge in [-0.15, -0.1) is 11.3 Å². The van der Waals surface area contributed by atoms with Gasteiger partial charge in [0.25, 0.3) is 0 Å². The average molecular weight is 211 g/mol. The molecule has 4 heteroatoms. The second-order valence-corrected chi connectivity index (χ2v) is 4.49. The van der Waals surface area contributed by atoms with Gasteiger partial charge in [0.2, 0.25) is 0 Å². The molecule has 1 aliphatic rings. The summed E-state index contributed by atoms with van der Waals surface area (Å²) in [7, 11) is 1.41. The van der Waals surface area contributed by atoms with E-state index in [1.807, 2.05) is 0 Å². The van der Waals surface area contributed by atoms with Crippen molar-refractivity contribution in [2.24, 2.45) is 0 Å². The van der Waals surface area contributed by atoms with Crippen molar-refractivity contribution >= 4 is 17.3 Å². The maximum Gasteiger partial charge on any atom is 0.312 e. The molecule has 1 saturated carbocycles. The first-order valence-electron chi connectivity index (χ1n) is 4.80. The highest BCUT2D eigenvalue weighted by Gasteiger charge is 2.22. The van der Waals surface area contributed by atoms with Gasteiger partial charge in [0, 0.05) is 11.3 Å². The molecule has 2 rings (SSSR count). The summed E-state index contributed by atoms with van der Waals surface area (Å²) in [4.78, 5) is 15.4. The number of esters is 1. The van der Waals surface area contributed by atoms with Gasteiger partial charge < -0.3 is 4.74 Å². The third-order valence-electron chi connectivity index (χ3n) is 2.62. The molecule has 0 radical (unpaired) electrons. The largest absolute Gasteiger partial charge is 0.469 e. The maximum atomic E-state index is 11.0. The van der Waals surface area contributed by atoms with E-state index < -0.39 is 0 Å². The van der Waals surface area contributed by atoms with Crippen LogP contribution < -0.4 is 0 Å². The van der Waals surface area contributed by atoms with Gasteiger partial charge in [-0.2, -0.15) is 0 Å². The smallest absolute Gasteiger partial charge is 0.312 e. The summed E-state index contributed by atoms with van der Waals surface area (Å²) in [5.41, 5.74) is 1.17. The molecule has 0 unspecified atom stereocenters. The van der Waals surface area contributed by atoms with Crippen LogP contribution in [-0.4, -0.2) is 18.1 Å². The minimum Gasteiger partial charge on any atom is -0.469 e. The summed E-state index contributed by atoms with van der Waals surface area (Å²) in [6.07, 6.45) is 4.13. The highest BCUT2D eigenvalue weighted by Crippen LogP contribution is 2.36. The molecule has 76 valence electrons. The topological polar surface area (TPSA) is 39.2 Å². The number of ether oxygens (including phenoxy) is 1. The number of carbonyl (C=O) groups excluding carboxylic acids is 1. The fourth-order valence-corrected chi connectivity index (χ4v) is 2.35. The molecule has 0 atom stereocenters. The van der Waals surface area contributed by atoms with Crippen LogP contribution in [0.4, 0.5) is 0 Å². The Balaban J connectivity index is 1.98. The van der Waals surface area contributed by atoms with Crippen molar-refractivity contribution in [2.45, 2.75) is 31.6 Å². The molecule has 1 aromatic rings. The van der Waals surface area contributed by atoms with Gasteiger partial charge in [0.05, 0.1) is 19.2 Å². The highest BCUT2D eigenvalue weighted by atomic mass is 32.1. The second-order valence-electron chi connectivity index (χ2n) is 3.55. The Morgan fingerprint density at radius 1 is 1.71 bits per heavy atom. The molecule has 1 aliphatic carbocycles. The van der Waals surface area contributed by atoms with Crippen molar-refractivity contribution in [3.8, 4) is 0 Å². The van der Waals surface area contributed by atoms with Crippen molar-refractivity contribution in [1.82, 2.24) is 4.98 Å². The van der Waals surface area contributed by atoms with Crippen LogP contribution in [0.3, 0.4) is 0 Å². The van der Waals surface area contributed by atoms with Crippen LogP contribution in [0.15, 0.2) is 5.38 Å². The predicted octanol–water partition coefficient (Wildman–Crippen LogP) is 2.13. The van der Waals surface area contributed by atoms with E-state index in [0.29, 0.717) is 12.3 Å². The molecule has 0 spiro atoms. The SMILES string of the molecule is COC(=O)Cc1nc(C2CCC2)cs1. The van der Waals surface area contributed by atoms with Crippen LogP contribution in [-0.2, 0) is 16.0 Å². The van der Waals surface area contributed by atoms with Gasteiger partial charge in [0.15, 0.2) is 0 Å². The lowest BCUT2D eigenvalue weighted by molar-refractivity contribution is -0.139. The van der Waals surface area contributed by atoms with E-state index in [2.05, 4.69) is 15.1 Å². The summed E-state index contributed by atoms with van der Waals surface area (Å²) in [5.74, 6) is 0.442. The minimum atomic E-state index is -0.209. The van der Waals surface area contributed by atoms with E-state index in [4.69, 9.17) is 0 Å². The van der Waals surface area contributed by atoms with Crippen LogP contribution in [0, 0.1) is 0 Å². The van der Waals surface area contributed by atoms with Gasteiger partial charge >= 0.3 is 5.97 Å². The van der Waals surface area contributed by atoms with E-state index in [1.165, 1.54) is 32.1 Å². The monoisotopic (exact) mass is 211 g/mol. The fourth-order valence-electron chi connectivity index (χ4n) is 1.49. The number of hydrogen-bond donors (Lipinski definition) is 0. The van der Waals surface area contributed by atoms with Crippen molar-refractivity contribution in [3.05, 3.63) is 16.1 Å². The summed E-state index contributed by atoms with van der Waals surface area (Å²) < 4.78 is 4.59. The number of carbonyl (C=O) groups is 1. The third-order valence-corrected chi connectivity index (χ3v) is 3.48. The Hall–Kier alpha value is -0.900. The van der Waals surface area contributed by atoms with Crippen molar-refractivity contribution in [2.75, 3.05) is 7.11 Å². The van der Waals surface area contributed by atoms with Gasteiger partial charge in [-0.05, 0) is 12.8 Å². The van der Waals surface area contributed by atoms with Crippen molar-refractivity contribution in [3.63, 3.8) is 0 Å². The number of rotatable bonds is 3. The molecule has 0 saturated heterocycles. The molecule has 1 heterocycles. The molecule has 3 nitrogen and oxygen atoms in total. The van der Waals surface area contributed by atoms with Crippen LogP contribution in [0.5, 0.6) is 0 Å². The lowest BCUT2D eigenvalue weighted by Crippen LogP contribution is -2.09. The van der Waals surface area contributed by atoms with Gasteiger partial charge in [-0.1, -0.05) is 6.42 Å². The molecule has 1 fully saturated rings. The van der Waals surface area contributed by atoms with Crippen LogP contribution in [0.2, 0.25) is 0 Å². The zero-order valence-electron chi connectivity index (χ0n) is 8.16. The van der Waals surface area contributed by atoms with Gasteiger partial charge in [0.1, 0.15) is 5.01 Å². The second kappa shape index (κ2) is 4.09. The Bertz CT molecular complexity index is 331. The molecule has 0 bridgehead atoms. The van der Waals surface area contributed by atoms with E-state index in [-0.39, 0.29) is 5.97 Å². The Morgan fingerprint density at radius 2 is 2.50 bits per heavy atom. The first kappa shape index (κ1) is 9.65.